The maximum Gasteiger partial charge on any atom is 0.228 e. The molecule has 19 heavy (non-hydrogen) atoms. The minimum Gasteiger partial charge on any atom is -0.349 e. The Balaban J connectivity index is 2.04. The van der Waals surface area contributed by atoms with E-state index in [-0.39, 0.29) is 17.4 Å². The number of benzene rings is 1. The molecule has 3 heteroatoms. The lowest BCUT2D eigenvalue weighted by atomic mass is 9.83. The smallest absolute Gasteiger partial charge is 0.228 e. The van der Waals surface area contributed by atoms with Crippen LogP contribution < -0.4 is 10.6 Å². The van der Waals surface area contributed by atoms with Gasteiger partial charge >= 0.3 is 0 Å². The average molecular weight is 260 g/mol. The first-order valence-electron chi connectivity index (χ1n) is 7.16. The van der Waals surface area contributed by atoms with Crippen molar-refractivity contribution in [3.8, 4) is 0 Å². The van der Waals surface area contributed by atoms with Crippen LogP contribution in [0.15, 0.2) is 24.3 Å². The molecule has 2 unspecified atom stereocenters. The molecule has 0 bridgehead atoms. The van der Waals surface area contributed by atoms with Crippen molar-refractivity contribution in [1.82, 2.24) is 10.6 Å². The van der Waals surface area contributed by atoms with Crippen LogP contribution in [0.1, 0.15) is 43.9 Å². The normalized spacial score (nSPS) is 24.2. The molecule has 1 heterocycles. The predicted molar refractivity (Wildman–Crippen MR) is 77.9 cm³/mol. The maximum atomic E-state index is 12.5. The van der Waals surface area contributed by atoms with E-state index >= 15 is 0 Å². The Kier molecular flexibility index (Phi) is 4.25. The van der Waals surface area contributed by atoms with Gasteiger partial charge in [-0.1, -0.05) is 36.8 Å². The number of hydrogen-bond acceptors (Lipinski definition) is 2. The van der Waals surface area contributed by atoms with Gasteiger partial charge in [0.1, 0.15) is 0 Å². The summed E-state index contributed by atoms with van der Waals surface area (Å²) in [5.74, 6) is 0.188. The monoisotopic (exact) mass is 260 g/mol. The second-order valence-electron chi connectivity index (χ2n) is 5.67. The summed E-state index contributed by atoms with van der Waals surface area (Å²) in [6.07, 6.45) is 1.84. The van der Waals surface area contributed by atoms with Crippen molar-refractivity contribution in [3.05, 3.63) is 35.4 Å². The zero-order valence-electron chi connectivity index (χ0n) is 12.1. The second-order valence-corrected chi connectivity index (χ2v) is 5.67. The molecule has 3 nitrogen and oxygen atoms in total. The van der Waals surface area contributed by atoms with Crippen LogP contribution in [-0.4, -0.2) is 19.0 Å². The zero-order chi connectivity index (χ0) is 13.9. The van der Waals surface area contributed by atoms with Crippen LogP contribution in [0.5, 0.6) is 0 Å². The van der Waals surface area contributed by atoms with Crippen molar-refractivity contribution in [3.63, 3.8) is 0 Å². The van der Waals surface area contributed by atoms with Crippen LogP contribution in [0.25, 0.3) is 0 Å². The van der Waals surface area contributed by atoms with E-state index in [9.17, 15) is 4.79 Å². The van der Waals surface area contributed by atoms with E-state index in [1.165, 1.54) is 5.56 Å². The Bertz CT molecular complexity index is 433. The average Bonchev–Trinajstić information content (AvgIpc) is 2.89. The van der Waals surface area contributed by atoms with Gasteiger partial charge in [-0.05, 0) is 38.8 Å². The van der Waals surface area contributed by atoms with Gasteiger partial charge < -0.3 is 10.6 Å². The zero-order valence-corrected chi connectivity index (χ0v) is 12.1. The summed E-state index contributed by atoms with van der Waals surface area (Å²) in [4.78, 5) is 12.5. The molecule has 104 valence electrons. The number of carbonyl (C=O) groups is 1. The second kappa shape index (κ2) is 5.74. The van der Waals surface area contributed by atoms with Gasteiger partial charge in [0.15, 0.2) is 0 Å². The number of carbonyl (C=O) groups excluding carboxylic acids is 1. The van der Waals surface area contributed by atoms with Crippen molar-refractivity contribution in [1.29, 1.82) is 0 Å². The molecular formula is C16H24N2O. The first kappa shape index (κ1) is 14.1. The fraction of sp³-hybridized carbons (Fsp3) is 0.562. The highest BCUT2D eigenvalue weighted by molar-refractivity contribution is 5.83. The lowest BCUT2D eigenvalue weighted by Gasteiger charge is -2.27. The topological polar surface area (TPSA) is 41.1 Å². The van der Waals surface area contributed by atoms with Crippen LogP contribution in [0.3, 0.4) is 0 Å². The Labute approximate surface area is 115 Å². The molecule has 2 atom stereocenters. The summed E-state index contributed by atoms with van der Waals surface area (Å²) >= 11 is 0. The molecule has 1 aliphatic heterocycles. The summed E-state index contributed by atoms with van der Waals surface area (Å²) in [5, 5.41) is 6.48. The van der Waals surface area contributed by atoms with E-state index in [2.05, 4.69) is 48.7 Å². The van der Waals surface area contributed by atoms with E-state index in [1.54, 1.807) is 0 Å². The predicted octanol–water partition coefficient (Wildman–Crippen LogP) is 2.56. The number of hydrogen-bond donors (Lipinski definition) is 2. The summed E-state index contributed by atoms with van der Waals surface area (Å²) in [6.45, 7) is 7.97. The fourth-order valence-corrected chi connectivity index (χ4v) is 2.69. The van der Waals surface area contributed by atoms with Crippen LogP contribution in [0.4, 0.5) is 0 Å². The quantitative estimate of drug-likeness (QED) is 0.873. The van der Waals surface area contributed by atoms with E-state index < -0.39 is 0 Å². The molecule has 0 saturated carbocycles. The molecule has 0 aliphatic carbocycles. The summed E-state index contributed by atoms with van der Waals surface area (Å²) in [7, 11) is 0. The van der Waals surface area contributed by atoms with Gasteiger partial charge in [-0.15, -0.1) is 0 Å². The minimum atomic E-state index is -0.209. The summed E-state index contributed by atoms with van der Waals surface area (Å²) < 4.78 is 0. The maximum absolute atomic E-state index is 12.5. The molecule has 1 aliphatic rings. The van der Waals surface area contributed by atoms with E-state index in [0.29, 0.717) is 0 Å². The lowest BCUT2D eigenvalue weighted by molar-refractivity contribution is -0.131. The van der Waals surface area contributed by atoms with Crippen molar-refractivity contribution in [2.24, 2.45) is 5.41 Å². The Morgan fingerprint density at radius 3 is 2.63 bits per heavy atom. The van der Waals surface area contributed by atoms with Crippen LogP contribution in [0.2, 0.25) is 0 Å². The standard InChI is InChI=1S/C16H24N2O/c1-4-16(9-10-17-11-16)15(19)18-13(3)14-7-5-12(2)6-8-14/h5-8,13,17H,4,9-11H2,1-3H3,(H,18,19). The van der Waals surface area contributed by atoms with Gasteiger partial charge in [-0.25, -0.2) is 0 Å². The third-order valence-electron chi connectivity index (χ3n) is 4.33. The van der Waals surface area contributed by atoms with E-state index in [0.717, 1.165) is 31.5 Å². The Morgan fingerprint density at radius 2 is 2.11 bits per heavy atom. The fourth-order valence-electron chi connectivity index (χ4n) is 2.69. The van der Waals surface area contributed by atoms with Crippen LogP contribution in [0, 0.1) is 12.3 Å². The molecule has 1 aromatic carbocycles. The van der Waals surface area contributed by atoms with E-state index in [4.69, 9.17) is 0 Å². The Hall–Kier alpha value is -1.35. The first-order valence-corrected chi connectivity index (χ1v) is 7.16. The van der Waals surface area contributed by atoms with Crippen molar-refractivity contribution in [2.75, 3.05) is 13.1 Å². The highest BCUT2D eigenvalue weighted by Crippen LogP contribution is 2.30. The molecule has 1 amide bonds. The third-order valence-corrected chi connectivity index (χ3v) is 4.33. The molecular weight excluding hydrogens is 236 g/mol. The van der Waals surface area contributed by atoms with Gasteiger partial charge in [-0.2, -0.15) is 0 Å². The minimum absolute atomic E-state index is 0.0668. The molecule has 1 fully saturated rings. The molecule has 2 rings (SSSR count). The van der Waals surface area contributed by atoms with Crippen LogP contribution >= 0.6 is 0 Å². The van der Waals surface area contributed by atoms with Crippen molar-refractivity contribution in [2.45, 2.75) is 39.7 Å². The molecule has 2 N–H and O–H groups in total. The number of amides is 1. The molecule has 1 aromatic rings. The largest absolute Gasteiger partial charge is 0.349 e. The number of rotatable bonds is 4. The molecule has 0 aromatic heterocycles. The van der Waals surface area contributed by atoms with Crippen molar-refractivity contribution >= 4 is 5.91 Å². The van der Waals surface area contributed by atoms with Crippen LogP contribution in [-0.2, 0) is 4.79 Å². The summed E-state index contributed by atoms with van der Waals surface area (Å²) in [5.41, 5.74) is 2.20. The number of nitrogens with one attached hydrogen (secondary N) is 2. The van der Waals surface area contributed by atoms with Gasteiger partial charge in [0.05, 0.1) is 11.5 Å². The van der Waals surface area contributed by atoms with Gasteiger partial charge in [0.25, 0.3) is 0 Å². The van der Waals surface area contributed by atoms with E-state index in [1.807, 2.05) is 6.92 Å². The number of aryl methyl sites for hydroxylation is 1. The van der Waals surface area contributed by atoms with Gasteiger partial charge in [0, 0.05) is 6.54 Å². The third kappa shape index (κ3) is 2.98. The summed E-state index contributed by atoms with van der Waals surface area (Å²) in [6, 6.07) is 8.42. The Morgan fingerprint density at radius 1 is 1.42 bits per heavy atom. The highest BCUT2D eigenvalue weighted by Gasteiger charge is 2.39. The lowest BCUT2D eigenvalue weighted by Crippen LogP contribution is -2.43. The van der Waals surface area contributed by atoms with Gasteiger partial charge in [0.2, 0.25) is 5.91 Å². The highest BCUT2D eigenvalue weighted by atomic mass is 16.2. The molecule has 0 radical (unpaired) electrons. The molecule has 1 saturated heterocycles. The first-order chi connectivity index (χ1) is 9.07. The SMILES string of the molecule is CCC1(C(=O)NC(C)c2ccc(C)cc2)CCNC1. The van der Waals surface area contributed by atoms with Crippen molar-refractivity contribution < 1.29 is 4.79 Å². The van der Waals surface area contributed by atoms with Gasteiger partial charge in [-0.3, -0.25) is 4.79 Å². The molecule has 0 spiro atoms.